The predicted molar refractivity (Wildman–Crippen MR) is 71.2 cm³/mol. The van der Waals surface area contributed by atoms with E-state index in [1.54, 1.807) is 0 Å². The Morgan fingerprint density at radius 2 is 2.21 bits per heavy atom. The van der Waals surface area contributed by atoms with E-state index >= 15 is 0 Å². The number of benzene rings is 1. The van der Waals surface area contributed by atoms with Gasteiger partial charge in [0.2, 0.25) is 0 Å². The van der Waals surface area contributed by atoms with Gasteiger partial charge in [-0.2, -0.15) is 0 Å². The summed E-state index contributed by atoms with van der Waals surface area (Å²) in [5, 5.41) is 13.6. The normalized spacial score (nSPS) is 16.5. The van der Waals surface area contributed by atoms with E-state index < -0.39 is 10.8 Å². The SMILES string of the molecule is NC1(CNC(=O)c2c(Cl)cccc2[N+](=O)[O-])CCC1. The van der Waals surface area contributed by atoms with Gasteiger partial charge in [-0.05, 0) is 25.3 Å². The second-order valence-electron chi connectivity index (χ2n) is 4.79. The molecule has 0 spiro atoms. The van der Waals surface area contributed by atoms with Gasteiger partial charge in [-0.3, -0.25) is 14.9 Å². The maximum atomic E-state index is 12.0. The minimum Gasteiger partial charge on any atom is -0.350 e. The second kappa shape index (κ2) is 5.14. The average Bonchev–Trinajstić information content (AvgIpc) is 2.33. The van der Waals surface area contributed by atoms with Crippen molar-refractivity contribution in [1.29, 1.82) is 0 Å². The number of nitro groups is 1. The third kappa shape index (κ3) is 2.85. The van der Waals surface area contributed by atoms with Crippen LogP contribution in [0.25, 0.3) is 0 Å². The highest BCUT2D eigenvalue weighted by Gasteiger charge is 2.33. The van der Waals surface area contributed by atoms with Gasteiger partial charge in [-0.15, -0.1) is 0 Å². The van der Waals surface area contributed by atoms with Crippen molar-refractivity contribution in [1.82, 2.24) is 5.32 Å². The molecule has 1 aromatic carbocycles. The van der Waals surface area contributed by atoms with E-state index in [1.165, 1.54) is 18.2 Å². The first kappa shape index (κ1) is 13.8. The van der Waals surface area contributed by atoms with Gasteiger partial charge in [0.15, 0.2) is 0 Å². The van der Waals surface area contributed by atoms with Crippen LogP contribution < -0.4 is 11.1 Å². The summed E-state index contributed by atoms with van der Waals surface area (Å²) in [7, 11) is 0. The van der Waals surface area contributed by atoms with Crippen LogP contribution in [0.3, 0.4) is 0 Å². The van der Waals surface area contributed by atoms with Crippen molar-refractivity contribution in [3.8, 4) is 0 Å². The van der Waals surface area contributed by atoms with E-state index in [-0.39, 0.29) is 21.8 Å². The average molecular weight is 284 g/mol. The van der Waals surface area contributed by atoms with Crippen LogP contribution >= 0.6 is 11.6 Å². The maximum Gasteiger partial charge on any atom is 0.283 e. The summed E-state index contributed by atoms with van der Waals surface area (Å²) < 4.78 is 0. The Hall–Kier alpha value is -1.66. The summed E-state index contributed by atoms with van der Waals surface area (Å²) in [6, 6.07) is 4.14. The molecule has 7 heteroatoms. The van der Waals surface area contributed by atoms with Crippen LogP contribution in [0.15, 0.2) is 18.2 Å². The third-order valence-corrected chi connectivity index (χ3v) is 3.68. The van der Waals surface area contributed by atoms with Gasteiger partial charge in [-0.1, -0.05) is 17.7 Å². The lowest BCUT2D eigenvalue weighted by Gasteiger charge is -2.38. The molecule has 1 saturated carbocycles. The molecule has 1 aromatic rings. The first-order valence-corrected chi connectivity index (χ1v) is 6.31. The highest BCUT2D eigenvalue weighted by Crippen LogP contribution is 2.29. The van der Waals surface area contributed by atoms with Crippen LogP contribution in [-0.2, 0) is 0 Å². The lowest BCUT2D eigenvalue weighted by molar-refractivity contribution is -0.385. The van der Waals surface area contributed by atoms with Crippen molar-refractivity contribution in [3.63, 3.8) is 0 Å². The summed E-state index contributed by atoms with van der Waals surface area (Å²) in [5.74, 6) is -0.561. The van der Waals surface area contributed by atoms with E-state index in [9.17, 15) is 14.9 Å². The quantitative estimate of drug-likeness (QED) is 0.651. The lowest BCUT2D eigenvalue weighted by Crippen LogP contribution is -2.55. The molecule has 1 amide bonds. The number of hydrogen-bond donors (Lipinski definition) is 2. The molecular formula is C12H14ClN3O3. The Morgan fingerprint density at radius 3 is 2.74 bits per heavy atom. The summed E-state index contributed by atoms with van der Waals surface area (Å²) in [6.45, 7) is 0.300. The van der Waals surface area contributed by atoms with Gasteiger partial charge >= 0.3 is 0 Å². The van der Waals surface area contributed by atoms with Gasteiger partial charge in [-0.25, -0.2) is 0 Å². The van der Waals surface area contributed by atoms with Gasteiger partial charge in [0.05, 0.1) is 9.95 Å². The van der Waals surface area contributed by atoms with E-state index in [2.05, 4.69) is 5.32 Å². The molecule has 0 atom stereocenters. The first-order valence-electron chi connectivity index (χ1n) is 5.93. The molecule has 0 aromatic heterocycles. The number of carbonyl (C=O) groups excluding carboxylic acids is 1. The monoisotopic (exact) mass is 283 g/mol. The molecule has 102 valence electrons. The van der Waals surface area contributed by atoms with Crippen LogP contribution in [0.4, 0.5) is 5.69 Å². The summed E-state index contributed by atoms with van der Waals surface area (Å²) in [5.41, 5.74) is 5.19. The Kier molecular flexibility index (Phi) is 3.73. The van der Waals surface area contributed by atoms with Crippen molar-refractivity contribution in [2.75, 3.05) is 6.54 Å². The largest absolute Gasteiger partial charge is 0.350 e. The fraction of sp³-hybridized carbons (Fsp3) is 0.417. The fourth-order valence-corrected chi connectivity index (χ4v) is 2.30. The molecule has 2 rings (SSSR count). The zero-order chi connectivity index (χ0) is 14.0. The van der Waals surface area contributed by atoms with E-state index in [4.69, 9.17) is 17.3 Å². The number of nitrogens with two attached hydrogens (primary N) is 1. The van der Waals surface area contributed by atoms with Gasteiger partial charge in [0, 0.05) is 18.2 Å². The molecule has 0 aliphatic heterocycles. The standard InChI is InChI=1S/C12H14ClN3O3/c13-8-3-1-4-9(16(18)19)10(8)11(17)15-7-12(14)5-2-6-12/h1,3-4H,2,5-7,14H2,(H,15,17). The van der Waals surface area contributed by atoms with E-state index in [1.807, 2.05) is 0 Å². The van der Waals surface area contributed by atoms with Crippen molar-refractivity contribution < 1.29 is 9.72 Å². The number of halogens is 1. The zero-order valence-corrected chi connectivity index (χ0v) is 10.9. The number of nitrogens with zero attached hydrogens (tertiary/aromatic N) is 1. The molecule has 0 saturated heterocycles. The molecule has 1 fully saturated rings. The molecular weight excluding hydrogens is 270 g/mol. The Balaban J connectivity index is 2.16. The highest BCUT2D eigenvalue weighted by molar-refractivity contribution is 6.34. The van der Waals surface area contributed by atoms with Gasteiger partial charge in [0.1, 0.15) is 5.56 Å². The summed E-state index contributed by atoms with van der Waals surface area (Å²) >= 11 is 5.87. The van der Waals surface area contributed by atoms with Crippen molar-refractivity contribution in [2.45, 2.75) is 24.8 Å². The Labute approximate surface area is 115 Å². The molecule has 19 heavy (non-hydrogen) atoms. The fourth-order valence-electron chi connectivity index (χ4n) is 2.04. The lowest BCUT2D eigenvalue weighted by atomic mass is 9.78. The molecule has 1 aliphatic rings. The molecule has 3 N–H and O–H groups in total. The van der Waals surface area contributed by atoms with Crippen molar-refractivity contribution in [2.24, 2.45) is 5.73 Å². The van der Waals surface area contributed by atoms with E-state index in [0.29, 0.717) is 6.54 Å². The van der Waals surface area contributed by atoms with Crippen LogP contribution in [0.1, 0.15) is 29.6 Å². The van der Waals surface area contributed by atoms with Crippen molar-refractivity contribution in [3.05, 3.63) is 38.9 Å². The smallest absolute Gasteiger partial charge is 0.283 e. The number of rotatable bonds is 4. The first-order chi connectivity index (χ1) is 8.93. The number of nitro benzene ring substituents is 1. The number of amides is 1. The Bertz CT molecular complexity index is 529. The highest BCUT2D eigenvalue weighted by atomic mass is 35.5. The Morgan fingerprint density at radius 1 is 1.53 bits per heavy atom. The van der Waals surface area contributed by atoms with E-state index in [0.717, 1.165) is 19.3 Å². The zero-order valence-electron chi connectivity index (χ0n) is 10.2. The molecule has 0 radical (unpaired) electrons. The number of nitrogens with one attached hydrogen (secondary N) is 1. The number of carbonyl (C=O) groups is 1. The molecule has 0 heterocycles. The topological polar surface area (TPSA) is 98.3 Å². The van der Waals surface area contributed by atoms with Gasteiger partial charge in [0.25, 0.3) is 11.6 Å². The molecule has 0 unspecified atom stereocenters. The van der Waals surface area contributed by atoms with Crippen LogP contribution in [0.2, 0.25) is 5.02 Å². The predicted octanol–water partition coefficient (Wildman–Crippen LogP) is 1.86. The minimum absolute atomic E-state index is 0.0615. The van der Waals surface area contributed by atoms with Crippen LogP contribution in [0, 0.1) is 10.1 Å². The van der Waals surface area contributed by atoms with Crippen molar-refractivity contribution >= 4 is 23.2 Å². The molecule has 0 bridgehead atoms. The van der Waals surface area contributed by atoms with Crippen LogP contribution in [0.5, 0.6) is 0 Å². The maximum absolute atomic E-state index is 12.0. The minimum atomic E-state index is -0.623. The second-order valence-corrected chi connectivity index (χ2v) is 5.20. The summed E-state index contributed by atoms with van der Waals surface area (Å²) in [4.78, 5) is 22.3. The third-order valence-electron chi connectivity index (χ3n) is 3.37. The summed E-state index contributed by atoms with van der Waals surface area (Å²) in [6.07, 6.45) is 2.73. The number of hydrogen-bond acceptors (Lipinski definition) is 4. The van der Waals surface area contributed by atoms with Gasteiger partial charge < -0.3 is 11.1 Å². The molecule has 6 nitrogen and oxygen atoms in total. The molecule has 1 aliphatic carbocycles. The van der Waals surface area contributed by atoms with Crippen LogP contribution in [-0.4, -0.2) is 22.9 Å².